The first-order chi connectivity index (χ1) is 6.73. The molecule has 15 heavy (non-hydrogen) atoms. The molecule has 0 aliphatic rings. The number of hydrogen-bond donors (Lipinski definition) is 1. The highest BCUT2D eigenvalue weighted by Gasteiger charge is 2.24. The highest BCUT2D eigenvalue weighted by molar-refractivity contribution is 14.1. The van der Waals surface area contributed by atoms with E-state index in [0.717, 1.165) is 0 Å². The molecule has 1 rings (SSSR count). The summed E-state index contributed by atoms with van der Waals surface area (Å²) in [5.74, 6) is -1.15. The smallest absolute Gasteiger partial charge is 0.223 e. The van der Waals surface area contributed by atoms with Crippen molar-refractivity contribution in [3.63, 3.8) is 0 Å². The first-order valence-corrected chi connectivity index (χ1v) is 6.03. The lowest BCUT2D eigenvalue weighted by Gasteiger charge is -2.06. The normalized spacial score (nSPS) is 12.1. The molecule has 0 aromatic carbocycles. The summed E-state index contributed by atoms with van der Waals surface area (Å²) in [5, 5.41) is 3.49. The highest BCUT2D eigenvalue weighted by Crippen LogP contribution is 2.26. The molecule has 1 heterocycles. The Bertz CT molecular complexity index is 491. The Morgan fingerprint density at radius 3 is 2.40 bits per heavy atom. The van der Waals surface area contributed by atoms with Crippen molar-refractivity contribution in [2.45, 2.75) is 11.5 Å². The van der Waals surface area contributed by atoms with Gasteiger partial charge in [-0.15, -0.1) is 0 Å². The summed E-state index contributed by atoms with van der Waals surface area (Å²) in [5.41, 5.74) is -0.900. The Labute approximate surface area is 96.9 Å². The molecular formula is C6H4F3IN2O2S. The molecule has 84 valence electrons. The van der Waals surface area contributed by atoms with Crippen LogP contribution in [0, 0.1) is 9.52 Å². The van der Waals surface area contributed by atoms with Crippen LogP contribution in [-0.2, 0) is 10.0 Å². The second-order valence-electron chi connectivity index (χ2n) is 2.50. The number of hydrogen-bond acceptors (Lipinski definition) is 3. The molecule has 0 atom stereocenters. The number of nitrogens with two attached hydrogens (primary N) is 1. The van der Waals surface area contributed by atoms with E-state index < -0.39 is 33.0 Å². The molecule has 0 amide bonds. The summed E-state index contributed by atoms with van der Waals surface area (Å²) in [4.78, 5) is 2.90. The fourth-order valence-electron chi connectivity index (χ4n) is 0.849. The van der Waals surface area contributed by atoms with Crippen LogP contribution in [0.1, 0.15) is 12.0 Å². The van der Waals surface area contributed by atoms with Gasteiger partial charge in [-0.3, -0.25) is 0 Å². The molecule has 1 aromatic rings. The van der Waals surface area contributed by atoms with E-state index >= 15 is 0 Å². The average molecular weight is 352 g/mol. The number of pyridine rings is 1. The van der Waals surface area contributed by atoms with Gasteiger partial charge in [0.2, 0.25) is 5.95 Å². The maximum Gasteiger partial charge on any atom is 0.266 e. The summed E-state index contributed by atoms with van der Waals surface area (Å²) in [6, 6.07) is 0.702. The van der Waals surface area contributed by atoms with Gasteiger partial charge in [-0.05, 0) is 28.7 Å². The van der Waals surface area contributed by atoms with Crippen LogP contribution < -0.4 is 5.14 Å². The molecule has 0 radical (unpaired) electrons. The van der Waals surface area contributed by atoms with E-state index in [0.29, 0.717) is 6.07 Å². The van der Waals surface area contributed by atoms with E-state index in [1.165, 1.54) is 22.6 Å². The topological polar surface area (TPSA) is 73.1 Å². The summed E-state index contributed by atoms with van der Waals surface area (Å²) in [6.45, 7) is 0. The number of sulfonamides is 1. The maximum atomic E-state index is 12.9. The second kappa shape index (κ2) is 4.22. The van der Waals surface area contributed by atoms with E-state index in [4.69, 9.17) is 0 Å². The zero-order chi connectivity index (χ0) is 11.8. The minimum Gasteiger partial charge on any atom is -0.223 e. The van der Waals surface area contributed by atoms with Crippen molar-refractivity contribution in [2.75, 3.05) is 0 Å². The van der Waals surface area contributed by atoms with Crippen LogP contribution in [0.3, 0.4) is 0 Å². The third kappa shape index (κ3) is 2.78. The van der Waals surface area contributed by atoms with Gasteiger partial charge in [0.05, 0.1) is 9.13 Å². The Balaban J connectivity index is 3.56. The lowest BCUT2D eigenvalue weighted by atomic mass is 10.3. The van der Waals surface area contributed by atoms with Crippen molar-refractivity contribution in [3.05, 3.63) is 21.1 Å². The third-order valence-electron chi connectivity index (χ3n) is 1.43. The van der Waals surface area contributed by atoms with E-state index in [2.05, 4.69) is 10.1 Å². The van der Waals surface area contributed by atoms with Crippen molar-refractivity contribution in [1.29, 1.82) is 0 Å². The molecule has 0 aliphatic carbocycles. The highest BCUT2D eigenvalue weighted by atomic mass is 127. The van der Waals surface area contributed by atoms with Gasteiger partial charge < -0.3 is 0 Å². The van der Waals surface area contributed by atoms with Gasteiger partial charge in [0.25, 0.3) is 16.4 Å². The quantitative estimate of drug-likeness (QED) is 0.646. The predicted octanol–water partition coefficient (Wildman–Crippen LogP) is 1.41. The summed E-state index contributed by atoms with van der Waals surface area (Å²) in [6.07, 6.45) is -3.08. The van der Waals surface area contributed by atoms with Gasteiger partial charge in [0.15, 0.2) is 5.03 Å². The molecule has 0 saturated carbocycles. The van der Waals surface area contributed by atoms with E-state index in [-0.39, 0.29) is 3.57 Å². The fourth-order valence-corrected chi connectivity index (χ4v) is 1.99. The second-order valence-corrected chi connectivity index (χ2v) is 5.14. The van der Waals surface area contributed by atoms with Crippen molar-refractivity contribution in [2.24, 2.45) is 5.14 Å². The largest absolute Gasteiger partial charge is 0.266 e. The molecule has 0 saturated heterocycles. The Morgan fingerprint density at radius 2 is 2.00 bits per heavy atom. The number of primary sulfonamides is 1. The summed E-state index contributed by atoms with van der Waals surface area (Å²) in [7, 11) is -4.45. The van der Waals surface area contributed by atoms with Crippen LogP contribution in [0.5, 0.6) is 0 Å². The van der Waals surface area contributed by atoms with E-state index in [1.807, 2.05) is 0 Å². The molecule has 9 heteroatoms. The third-order valence-corrected chi connectivity index (χ3v) is 3.05. The number of aromatic nitrogens is 1. The molecular weight excluding hydrogens is 348 g/mol. The average Bonchev–Trinajstić information content (AvgIpc) is 2.06. The molecule has 0 unspecified atom stereocenters. The van der Waals surface area contributed by atoms with Gasteiger partial charge in [-0.25, -0.2) is 27.3 Å². The van der Waals surface area contributed by atoms with Crippen LogP contribution in [-0.4, -0.2) is 13.4 Å². The van der Waals surface area contributed by atoms with E-state index in [1.54, 1.807) is 0 Å². The standard InChI is InChI=1S/C6H4F3IN2O2S/c7-4(8)2-1-3(10)5(9)12-6(2)15(11,13)14/h1,4H,(H2,11,13,14). The minimum absolute atomic E-state index is 0.199. The maximum absolute atomic E-state index is 12.9. The van der Waals surface area contributed by atoms with Crippen molar-refractivity contribution >= 4 is 32.6 Å². The SMILES string of the molecule is NS(=O)(=O)c1nc(F)c(I)cc1C(F)F. The zero-order valence-electron chi connectivity index (χ0n) is 6.92. The Kier molecular flexibility index (Phi) is 3.55. The Hall–Kier alpha value is -0.420. The number of alkyl halides is 2. The summed E-state index contributed by atoms with van der Waals surface area (Å²) >= 11 is 1.42. The van der Waals surface area contributed by atoms with Crippen LogP contribution in [0.15, 0.2) is 11.1 Å². The molecule has 4 nitrogen and oxygen atoms in total. The lowest BCUT2D eigenvalue weighted by Crippen LogP contribution is -2.18. The first kappa shape index (κ1) is 12.6. The van der Waals surface area contributed by atoms with Gasteiger partial charge in [0.1, 0.15) is 0 Å². The molecule has 2 N–H and O–H groups in total. The van der Waals surface area contributed by atoms with Crippen molar-refractivity contribution < 1.29 is 21.6 Å². The number of nitrogens with zero attached hydrogens (tertiary/aromatic N) is 1. The predicted molar refractivity (Wildman–Crippen MR) is 53.2 cm³/mol. The van der Waals surface area contributed by atoms with Gasteiger partial charge >= 0.3 is 0 Å². The van der Waals surface area contributed by atoms with Gasteiger partial charge in [-0.1, -0.05) is 0 Å². The van der Waals surface area contributed by atoms with Gasteiger partial charge in [-0.2, -0.15) is 4.39 Å². The van der Waals surface area contributed by atoms with Crippen LogP contribution >= 0.6 is 22.6 Å². The van der Waals surface area contributed by atoms with Crippen LogP contribution in [0.2, 0.25) is 0 Å². The lowest BCUT2D eigenvalue weighted by molar-refractivity contribution is 0.146. The van der Waals surface area contributed by atoms with Crippen LogP contribution in [0.25, 0.3) is 0 Å². The minimum atomic E-state index is -4.45. The Morgan fingerprint density at radius 1 is 1.47 bits per heavy atom. The fraction of sp³-hybridized carbons (Fsp3) is 0.167. The molecule has 1 aromatic heterocycles. The molecule has 0 fully saturated rings. The van der Waals surface area contributed by atoms with Crippen molar-refractivity contribution in [1.82, 2.24) is 4.98 Å². The zero-order valence-corrected chi connectivity index (χ0v) is 9.89. The van der Waals surface area contributed by atoms with Crippen molar-refractivity contribution in [3.8, 4) is 0 Å². The van der Waals surface area contributed by atoms with Gasteiger partial charge in [0, 0.05) is 0 Å². The summed E-state index contributed by atoms with van der Waals surface area (Å²) < 4.78 is 59.1. The molecule has 0 bridgehead atoms. The van der Waals surface area contributed by atoms with E-state index in [9.17, 15) is 21.6 Å². The molecule has 0 spiro atoms. The number of halogens is 4. The van der Waals surface area contributed by atoms with Crippen LogP contribution in [0.4, 0.5) is 13.2 Å². The monoisotopic (exact) mass is 352 g/mol. The first-order valence-electron chi connectivity index (χ1n) is 3.40. The molecule has 0 aliphatic heterocycles. The number of rotatable bonds is 2.